The highest BCUT2D eigenvalue weighted by molar-refractivity contribution is 8.26. The van der Waals surface area contributed by atoms with Gasteiger partial charge in [-0.05, 0) is 47.9 Å². The molecule has 2 heterocycles. The average molecular weight is 475 g/mol. The van der Waals surface area contributed by atoms with Crippen molar-refractivity contribution in [1.29, 1.82) is 0 Å². The number of hydrogen-bond donors (Lipinski definition) is 1. The monoisotopic (exact) mass is 474 g/mol. The van der Waals surface area contributed by atoms with Gasteiger partial charge in [-0.3, -0.25) is 9.59 Å². The molecule has 6 nitrogen and oxygen atoms in total. The van der Waals surface area contributed by atoms with Gasteiger partial charge in [-0.25, -0.2) is 0 Å². The molecule has 31 heavy (non-hydrogen) atoms. The van der Waals surface area contributed by atoms with E-state index in [1.54, 1.807) is 30.2 Å². The molecular formula is C22H19ClN2O4S2. The summed E-state index contributed by atoms with van der Waals surface area (Å²) < 4.78 is 11.7. The van der Waals surface area contributed by atoms with E-state index in [1.807, 2.05) is 30.3 Å². The minimum Gasteiger partial charge on any atom is -0.456 e. The molecule has 2 aromatic rings. The van der Waals surface area contributed by atoms with Crippen LogP contribution in [0.2, 0.25) is 5.02 Å². The summed E-state index contributed by atoms with van der Waals surface area (Å²) in [6.45, 7) is 0.681. The standard InChI is InChI=1S/C22H19ClN2O4S2/c1-25-15(11-28-12-20(25)26)8-13-2-5-16(6-3-13)29-18-7-4-14(9-17(18)23)10-19-21(27)24-22(30)31-19/h2-7,9-10,15H,8,11-12H2,1H3,(H,24,27,30)/b19-10-. The van der Waals surface area contributed by atoms with Gasteiger partial charge in [0.15, 0.2) is 0 Å². The number of halogens is 1. The third-order valence-electron chi connectivity index (χ3n) is 5.00. The Kier molecular flexibility index (Phi) is 6.62. The lowest BCUT2D eigenvalue weighted by Gasteiger charge is -2.32. The Morgan fingerprint density at radius 3 is 2.74 bits per heavy atom. The second-order valence-electron chi connectivity index (χ2n) is 7.17. The highest BCUT2D eigenvalue weighted by Crippen LogP contribution is 2.32. The number of thiocarbonyl (C=S) groups is 1. The minimum atomic E-state index is -0.207. The van der Waals surface area contributed by atoms with E-state index < -0.39 is 0 Å². The fourth-order valence-electron chi connectivity index (χ4n) is 3.25. The molecule has 2 aliphatic heterocycles. The lowest BCUT2D eigenvalue weighted by atomic mass is 10.0. The molecule has 2 aliphatic rings. The van der Waals surface area contributed by atoms with Crippen LogP contribution >= 0.6 is 35.6 Å². The van der Waals surface area contributed by atoms with Crippen LogP contribution < -0.4 is 10.1 Å². The van der Waals surface area contributed by atoms with Crippen molar-refractivity contribution in [1.82, 2.24) is 10.2 Å². The van der Waals surface area contributed by atoms with Crippen LogP contribution in [0.5, 0.6) is 11.5 Å². The fraction of sp³-hybridized carbons (Fsp3) is 0.227. The molecule has 4 rings (SSSR count). The van der Waals surface area contributed by atoms with Gasteiger partial charge < -0.3 is 19.7 Å². The van der Waals surface area contributed by atoms with Crippen molar-refractivity contribution in [2.24, 2.45) is 0 Å². The van der Waals surface area contributed by atoms with E-state index in [0.29, 0.717) is 38.8 Å². The van der Waals surface area contributed by atoms with Gasteiger partial charge in [0, 0.05) is 7.05 Å². The van der Waals surface area contributed by atoms with Crippen molar-refractivity contribution in [2.45, 2.75) is 12.5 Å². The first-order valence-corrected chi connectivity index (χ1v) is 11.1. The van der Waals surface area contributed by atoms with Crippen LogP contribution in [0.4, 0.5) is 0 Å². The number of carbonyl (C=O) groups excluding carboxylic acids is 2. The highest BCUT2D eigenvalue weighted by Gasteiger charge is 2.25. The van der Waals surface area contributed by atoms with Crippen molar-refractivity contribution in [3.63, 3.8) is 0 Å². The van der Waals surface area contributed by atoms with Crippen LogP contribution in [0, 0.1) is 0 Å². The molecule has 2 amide bonds. The number of nitrogens with one attached hydrogen (secondary N) is 1. The summed E-state index contributed by atoms with van der Waals surface area (Å²) in [5.41, 5.74) is 1.87. The molecule has 2 fully saturated rings. The van der Waals surface area contributed by atoms with E-state index >= 15 is 0 Å². The molecule has 0 aliphatic carbocycles. The van der Waals surface area contributed by atoms with Crippen LogP contribution in [0.1, 0.15) is 11.1 Å². The molecule has 2 aromatic carbocycles. The van der Waals surface area contributed by atoms with Gasteiger partial charge in [0.25, 0.3) is 5.91 Å². The van der Waals surface area contributed by atoms with Crippen molar-refractivity contribution in [3.05, 3.63) is 63.5 Å². The average Bonchev–Trinajstić information content (AvgIpc) is 3.05. The Hall–Kier alpha value is -2.39. The third-order valence-corrected chi connectivity index (χ3v) is 6.45. The molecule has 1 unspecified atom stereocenters. The Balaban J connectivity index is 1.41. The maximum Gasteiger partial charge on any atom is 0.263 e. The number of amides is 2. The summed E-state index contributed by atoms with van der Waals surface area (Å²) in [5, 5.41) is 3.02. The molecule has 2 saturated heterocycles. The summed E-state index contributed by atoms with van der Waals surface area (Å²) in [5.74, 6) is 0.959. The molecule has 1 atom stereocenters. The summed E-state index contributed by atoms with van der Waals surface area (Å²) in [4.78, 5) is 25.8. The van der Waals surface area contributed by atoms with Gasteiger partial charge in [0.05, 0.1) is 22.6 Å². The Bertz CT molecular complexity index is 1070. The van der Waals surface area contributed by atoms with Crippen LogP contribution in [0.3, 0.4) is 0 Å². The van der Waals surface area contributed by atoms with Crippen LogP contribution in [0.25, 0.3) is 6.08 Å². The summed E-state index contributed by atoms with van der Waals surface area (Å²) in [6, 6.07) is 13.0. The van der Waals surface area contributed by atoms with Crippen LogP contribution in [-0.4, -0.2) is 47.3 Å². The SMILES string of the molecule is CN1C(=O)COCC1Cc1ccc(Oc2ccc(/C=C3\SC(=S)NC3=O)cc2Cl)cc1. The van der Waals surface area contributed by atoms with Crippen LogP contribution in [0.15, 0.2) is 47.4 Å². The predicted octanol–water partition coefficient (Wildman–Crippen LogP) is 4.02. The van der Waals surface area contributed by atoms with E-state index in [-0.39, 0.29) is 24.5 Å². The first kappa shape index (κ1) is 21.8. The topological polar surface area (TPSA) is 67.9 Å². The van der Waals surface area contributed by atoms with E-state index in [0.717, 1.165) is 11.1 Å². The molecular weight excluding hydrogens is 456 g/mol. The Morgan fingerprint density at radius 1 is 1.29 bits per heavy atom. The number of benzene rings is 2. The first-order valence-electron chi connectivity index (χ1n) is 9.53. The second-order valence-corrected chi connectivity index (χ2v) is 9.29. The highest BCUT2D eigenvalue weighted by atomic mass is 35.5. The number of nitrogens with zero attached hydrogens (tertiary/aromatic N) is 1. The van der Waals surface area contributed by atoms with Crippen molar-refractivity contribution < 1.29 is 19.1 Å². The third kappa shape index (κ3) is 5.27. The van der Waals surface area contributed by atoms with Crippen molar-refractivity contribution in [3.8, 4) is 11.5 Å². The molecule has 160 valence electrons. The predicted molar refractivity (Wildman–Crippen MR) is 125 cm³/mol. The maximum absolute atomic E-state index is 11.8. The largest absolute Gasteiger partial charge is 0.456 e. The molecule has 0 spiro atoms. The first-order chi connectivity index (χ1) is 14.9. The smallest absolute Gasteiger partial charge is 0.263 e. The van der Waals surface area contributed by atoms with Gasteiger partial charge in [0.1, 0.15) is 22.4 Å². The van der Waals surface area contributed by atoms with Gasteiger partial charge in [-0.2, -0.15) is 0 Å². The van der Waals surface area contributed by atoms with Gasteiger partial charge >= 0.3 is 0 Å². The molecule has 0 saturated carbocycles. The number of rotatable bonds is 5. The minimum absolute atomic E-state index is 0.000184. The van der Waals surface area contributed by atoms with E-state index in [9.17, 15) is 9.59 Å². The summed E-state index contributed by atoms with van der Waals surface area (Å²) in [6.07, 6.45) is 2.45. The molecule has 0 radical (unpaired) electrons. The fourth-order valence-corrected chi connectivity index (χ4v) is 4.52. The van der Waals surface area contributed by atoms with Crippen molar-refractivity contribution >= 4 is 57.8 Å². The Morgan fingerprint density at radius 2 is 2.06 bits per heavy atom. The van der Waals surface area contributed by atoms with E-state index in [1.165, 1.54) is 11.8 Å². The van der Waals surface area contributed by atoms with Gasteiger partial charge in [0.2, 0.25) is 5.91 Å². The maximum atomic E-state index is 11.8. The lowest BCUT2D eigenvalue weighted by Crippen LogP contribution is -2.47. The Labute approximate surface area is 194 Å². The van der Waals surface area contributed by atoms with Gasteiger partial charge in [-0.15, -0.1) is 0 Å². The molecule has 0 aromatic heterocycles. The number of ether oxygens (including phenoxy) is 2. The normalized spacial score (nSPS) is 20.3. The number of likely N-dealkylation sites (N-methyl/N-ethyl adjacent to an activating group) is 1. The molecule has 0 bridgehead atoms. The molecule has 9 heteroatoms. The van der Waals surface area contributed by atoms with E-state index in [2.05, 4.69) is 5.32 Å². The zero-order valence-electron chi connectivity index (χ0n) is 16.6. The van der Waals surface area contributed by atoms with Gasteiger partial charge in [-0.1, -0.05) is 53.8 Å². The number of morpholine rings is 1. The number of carbonyl (C=O) groups is 2. The molecule has 1 N–H and O–H groups in total. The second kappa shape index (κ2) is 9.40. The van der Waals surface area contributed by atoms with E-state index in [4.69, 9.17) is 33.3 Å². The number of hydrogen-bond acceptors (Lipinski definition) is 6. The van der Waals surface area contributed by atoms with Crippen LogP contribution in [-0.2, 0) is 20.7 Å². The zero-order valence-corrected chi connectivity index (χ0v) is 19.0. The van der Waals surface area contributed by atoms with Crippen molar-refractivity contribution in [2.75, 3.05) is 20.3 Å². The summed E-state index contributed by atoms with van der Waals surface area (Å²) in [7, 11) is 1.81. The lowest BCUT2D eigenvalue weighted by molar-refractivity contribution is -0.145. The summed E-state index contributed by atoms with van der Waals surface area (Å²) >= 11 is 12.6. The quantitative estimate of drug-likeness (QED) is 0.521. The number of thioether (sulfide) groups is 1. The zero-order chi connectivity index (χ0) is 22.0.